The second-order valence-electron chi connectivity index (χ2n) is 10.7. The van der Waals surface area contributed by atoms with Crippen LogP contribution in [-0.4, -0.2) is 51.8 Å². The molecule has 1 unspecified atom stereocenters. The molecule has 2 fully saturated rings. The van der Waals surface area contributed by atoms with Crippen molar-refractivity contribution < 1.29 is 28.6 Å². The predicted molar refractivity (Wildman–Crippen MR) is 144 cm³/mol. The van der Waals surface area contributed by atoms with Gasteiger partial charge in [0.25, 0.3) is 5.91 Å². The molecular weight excluding hydrogens is 513 g/mol. The van der Waals surface area contributed by atoms with Crippen molar-refractivity contribution in [1.82, 2.24) is 15.1 Å². The van der Waals surface area contributed by atoms with Crippen molar-refractivity contribution in [2.24, 2.45) is 0 Å². The van der Waals surface area contributed by atoms with Gasteiger partial charge in [-0.25, -0.2) is 4.39 Å². The molecule has 3 heterocycles. The fraction of sp³-hybridized carbons (Fsp3) is 0.323. The first-order valence-electron chi connectivity index (χ1n) is 13.5. The van der Waals surface area contributed by atoms with Gasteiger partial charge in [0.05, 0.1) is 12.1 Å². The van der Waals surface area contributed by atoms with Crippen molar-refractivity contribution in [3.63, 3.8) is 0 Å². The average Bonchev–Trinajstić information content (AvgIpc) is 3.29. The van der Waals surface area contributed by atoms with Crippen LogP contribution in [0, 0.1) is 5.82 Å². The topological polar surface area (TPSA) is 99.2 Å². The number of imide groups is 1. The molecule has 0 aromatic heterocycles. The van der Waals surface area contributed by atoms with E-state index in [4.69, 9.17) is 4.74 Å². The summed E-state index contributed by atoms with van der Waals surface area (Å²) in [6, 6.07) is 19.7. The molecule has 3 aromatic carbocycles. The molecule has 0 aliphatic carbocycles. The lowest BCUT2D eigenvalue weighted by atomic mass is 9.82. The third kappa shape index (κ3) is 4.98. The summed E-state index contributed by atoms with van der Waals surface area (Å²) in [4.78, 5) is 40.4. The first-order valence-corrected chi connectivity index (χ1v) is 13.5. The first kappa shape index (κ1) is 26.2. The summed E-state index contributed by atoms with van der Waals surface area (Å²) in [6.45, 7) is 1.79. The van der Waals surface area contributed by atoms with Crippen LogP contribution in [0.25, 0.3) is 0 Å². The van der Waals surface area contributed by atoms with Crippen molar-refractivity contribution in [2.75, 3.05) is 13.1 Å². The highest BCUT2D eigenvalue weighted by Crippen LogP contribution is 2.39. The number of piperidine rings is 2. The maximum absolute atomic E-state index is 15.8. The molecule has 8 nitrogen and oxygen atoms in total. The zero-order chi connectivity index (χ0) is 27.9. The van der Waals surface area contributed by atoms with Crippen LogP contribution in [0.1, 0.15) is 52.7 Å². The molecule has 0 bridgehead atoms. The molecule has 2 N–H and O–H groups in total. The monoisotopic (exact) mass is 543 g/mol. The highest BCUT2D eigenvalue weighted by atomic mass is 19.1. The Balaban J connectivity index is 1.10. The number of amides is 3. The Morgan fingerprint density at radius 3 is 2.35 bits per heavy atom. The quantitative estimate of drug-likeness (QED) is 0.458. The van der Waals surface area contributed by atoms with Crippen molar-refractivity contribution >= 4 is 17.7 Å². The minimum absolute atomic E-state index is 0.0632. The van der Waals surface area contributed by atoms with Crippen LogP contribution >= 0.6 is 0 Å². The van der Waals surface area contributed by atoms with Gasteiger partial charge in [-0.3, -0.25) is 24.6 Å². The molecule has 3 aliphatic rings. The zero-order valence-corrected chi connectivity index (χ0v) is 21.9. The van der Waals surface area contributed by atoms with Gasteiger partial charge >= 0.3 is 0 Å². The normalized spacial score (nSPS) is 20.8. The maximum atomic E-state index is 15.8. The second kappa shape index (κ2) is 10.5. The van der Waals surface area contributed by atoms with Crippen LogP contribution < -0.4 is 10.1 Å². The lowest BCUT2D eigenvalue weighted by Crippen LogP contribution is -2.52. The number of likely N-dealkylation sites (tertiary alicyclic amines) is 1. The Labute approximate surface area is 231 Å². The van der Waals surface area contributed by atoms with Crippen LogP contribution in [0.4, 0.5) is 4.39 Å². The van der Waals surface area contributed by atoms with Crippen molar-refractivity contribution in [1.29, 1.82) is 0 Å². The van der Waals surface area contributed by atoms with Crippen molar-refractivity contribution in [3.8, 4) is 11.5 Å². The van der Waals surface area contributed by atoms with Crippen LogP contribution in [0.5, 0.6) is 11.5 Å². The molecular formula is C31H30FN3O5. The number of nitrogens with one attached hydrogen (secondary N) is 1. The predicted octanol–water partition coefficient (Wildman–Crippen LogP) is 3.86. The van der Waals surface area contributed by atoms with E-state index in [0.717, 1.165) is 17.1 Å². The number of rotatable bonds is 6. The summed E-state index contributed by atoms with van der Waals surface area (Å²) in [7, 11) is 0. The lowest BCUT2D eigenvalue weighted by molar-refractivity contribution is -0.136. The lowest BCUT2D eigenvalue weighted by Gasteiger charge is -2.39. The summed E-state index contributed by atoms with van der Waals surface area (Å²) < 4.78 is 21.7. The molecule has 1 atom stereocenters. The Morgan fingerprint density at radius 1 is 0.950 bits per heavy atom. The highest BCUT2D eigenvalue weighted by molar-refractivity contribution is 6.05. The number of fused-ring (bicyclic) bond motifs is 1. The molecule has 6 rings (SSSR count). The van der Waals surface area contributed by atoms with E-state index in [0.29, 0.717) is 32.5 Å². The van der Waals surface area contributed by atoms with Crippen LogP contribution in [-0.2, 0) is 28.3 Å². The van der Waals surface area contributed by atoms with Crippen molar-refractivity contribution in [2.45, 2.75) is 50.4 Å². The van der Waals surface area contributed by atoms with E-state index in [2.05, 4.69) is 10.2 Å². The molecule has 206 valence electrons. The van der Waals surface area contributed by atoms with Gasteiger partial charge in [0.15, 0.2) is 0 Å². The Morgan fingerprint density at radius 2 is 1.65 bits per heavy atom. The van der Waals surface area contributed by atoms with Gasteiger partial charge < -0.3 is 14.7 Å². The molecule has 2 saturated heterocycles. The van der Waals surface area contributed by atoms with E-state index >= 15 is 4.39 Å². The standard InChI is InChI=1S/C31H30FN3O5/c32-28-24-19-35(26-12-13-27(36)33-29(26)37)30(38)23(24)10-11-25(28)31(39)14-16-34(17-15-31)18-20-6-8-22(9-7-20)40-21-4-2-1-3-5-21/h1-11,26,39H,12-19H2,(H,33,36,37). The van der Waals surface area contributed by atoms with Gasteiger partial charge in [0.1, 0.15) is 23.4 Å². The van der Waals surface area contributed by atoms with E-state index in [9.17, 15) is 19.5 Å². The van der Waals surface area contributed by atoms with Gasteiger partial charge in [-0.1, -0.05) is 36.4 Å². The molecule has 0 radical (unpaired) electrons. The number of ether oxygens (including phenoxy) is 1. The van der Waals surface area contributed by atoms with E-state index in [1.54, 1.807) is 6.07 Å². The van der Waals surface area contributed by atoms with E-state index in [1.807, 2.05) is 54.6 Å². The fourth-order valence-electron chi connectivity index (χ4n) is 5.86. The molecule has 3 amide bonds. The van der Waals surface area contributed by atoms with Gasteiger partial charge in [0, 0.05) is 42.7 Å². The summed E-state index contributed by atoms with van der Waals surface area (Å²) in [6.07, 6.45) is 1.04. The smallest absolute Gasteiger partial charge is 0.255 e. The number of aliphatic hydroxyl groups is 1. The number of nitrogens with zero attached hydrogens (tertiary/aromatic N) is 2. The summed E-state index contributed by atoms with van der Waals surface area (Å²) in [5, 5.41) is 13.7. The van der Waals surface area contributed by atoms with E-state index in [-0.39, 0.29) is 42.0 Å². The minimum Gasteiger partial charge on any atom is -0.457 e. The largest absolute Gasteiger partial charge is 0.457 e. The number of hydrogen-bond donors (Lipinski definition) is 2. The minimum atomic E-state index is -1.35. The third-order valence-corrected chi connectivity index (χ3v) is 8.14. The molecule has 0 saturated carbocycles. The Hall–Kier alpha value is -4.08. The van der Waals surface area contributed by atoms with Gasteiger partial charge in [-0.15, -0.1) is 0 Å². The number of carbonyl (C=O) groups is 3. The SMILES string of the molecule is O=C1CCC(N2Cc3c(ccc(C4(O)CCN(Cc5ccc(Oc6ccccc6)cc5)CC4)c3F)C2=O)C(=O)N1. The van der Waals surface area contributed by atoms with E-state index in [1.165, 1.54) is 11.0 Å². The summed E-state index contributed by atoms with van der Waals surface area (Å²) >= 11 is 0. The Kier molecular flexibility index (Phi) is 6.85. The van der Waals surface area contributed by atoms with E-state index < -0.39 is 29.3 Å². The molecule has 3 aliphatic heterocycles. The molecule has 3 aromatic rings. The molecule has 40 heavy (non-hydrogen) atoms. The van der Waals surface area contributed by atoms with Crippen LogP contribution in [0.2, 0.25) is 0 Å². The highest BCUT2D eigenvalue weighted by Gasteiger charge is 2.43. The van der Waals surface area contributed by atoms with Crippen LogP contribution in [0.15, 0.2) is 66.7 Å². The van der Waals surface area contributed by atoms with Gasteiger partial charge in [-0.2, -0.15) is 0 Å². The van der Waals surface area contributed by atoms with Gasteiger partial charge in [0.2, 0.25) is 11.8 Å². The number of hydrogen-bond acceptors (Lipinski definition) is 6. The third-order valence-electron chi connectivity index (χ3n) is 8.14. The number of para-hydroxylation sites is 1. The molecule has 0 spiro atoms. The van der Waals surface area contributed by atoms with Crippen molar-refractivity contribution in [3.05, 3.63) is 94.8 Å². The number of benzene rings is 3. The maximum Gasteiger partial charge on any atom is 0.255 e. The summed E-state index contributed by atoms with van der Waals surface area (Å²) in [5.74, 6) is -0.409. The fourth-order valence-corrected chi connectivity index (χ4v) is 5.86. The first-order chi connectivity index (χ1) is 19.3. The van der Waals surface area contributed by atoms with Gasteiger partial charge in [-0.05, 0) is 55.2 Å². The summed E-state index contributed by atoms with van der Waals surface area (Å²) in [5.41, 5.74) is 0.342. The Bertz CT molecular complexity index is 1450. The average molecular weight is 544 g/mol. The zero-order valence-electron chi connectivity index (χ0n) is 21.9. The number of halogens is 1. The molecule has 9 heteroatoms. The second-order valence-corrected chi connectivity index (χ2v) is 10.7. The van der Waals surface area contributed by atoms with Crippen LogP contribution in [0.3, 0.4) is 0 Å². The number of carbonyl (C=O) groups excluding carboxylic acids is 3.